The van der Waals surface area contributed by atoms with Gasteiger partial charge in [0.25, 0.3) is 0 Å². The highest BCUT2D eigenvalue weighted by molar-refractivity contribution is 6.60. The molecule has 1 heterocycles. The van der Waals surface area contributed by atoms with Gasteiger partial charge in [-0.25, -0.2) is 0 Å². The molecule has 100 valence electrons. The molecular weight excluding hydrogens is 236 g/mol. The quantitative estimate of drug-likeness (QED) is 0.541. The molecule has 1 saturated heterocycles. The van der Waals surface area contributed by atoms with E-state index in [1.54, 1.807) is 21.3 Å². The minimum Gasteiger partial charge on any atom is -0.377 e. The molecule has 2 rings (SSSR count). The smallest absolute Gasteiger partial charge is 0.377 e. The van der Waals surface area contributed by atoms with Crippen molar-refractivity contribution < 1.29 is 18.0 Å². The van der Waals surface area contributed by atoms with E-state index in [0.717, 1.165) is 12.0 Å². The fourth-order valence-electron chi connectivity index (χ4n) is 3.01. The fraction of sp³-hybridized carbons (Fsp3) is 1.00. The molecule has 0 amide bonds. The van der Waals surface area contributed by atoms with Crippen LogP contribution in [0.1, 0.15) is 26.2 Å². The Kier molecular flexibility index (Phi) is 4.25. The van der Waals surface area contributed by atoms with Gasteiger partial charge in [0.05, 0.1) is 12.2 Å². The first-order chi connectivity index (χ1) is 8.14. The highest BCUT2D eigenvalue weighted by Crippen LogP contribution is 2.43. The van der Waals surface area contributed by atoms with Crippen LogP contribution in [0.2, 0.25) is 6.04 Å². The zero-order valence-electron chi connectivity index (χ0n) is 11.3. The van der Waals surface area contributed by atoms with Gasteiger partial charge in [-0.2, -0.15) is 0 Å². The van der Waals surface area contributed by atoms with Gasteiger partial charge in [0, 0.05) is 27.4 Å². The highest BCUT2D eigenvalue weighted by Gasteiger charge is 2.47. The second kappa shape index (κ2) is 5.36. The molecule has 5 heteroatoms. The molecule has 1 saturated carbocycles. The van der Waals surface area contributed by atoms with Gasteiger partial charge in [-0.3, -0.25) is 0 Å². The lowest BCUT2D eigenvalue weighted by molar-refractivity contribution is 0.112. The van der Waals surface area contributed by atoms with Crippen molar-refractivity contribution >= 4 is 8.80 Å². The summed E-state index contributed by atoms with van der Waals surface area (Å²) in [6.45, 7) is 2.28. The predicted molar refractivity (Wildman–Crippen MR) is 66.8 cm³/mol. The van der Waals surface area contributed by atoms with Crippen LogP contribution in [0.15, 0.2) is 0 Å². The molecule has 0 spiro atoms. The third-order valence-electron chi connectivity index (χ3n) is 4.35. The third kappa shape index (κ3) is 2.90. The second-order valence-corrected chi connectivity index (χ2v) is 8.26. The van der Waals surface area contributed by atoms with Crippen molar-refractivity contribution in [3.8, 4) is 0 Å². The van der Waals surface area contributed by atoms with Crippen molar-refractivity contribution in [2.75, 3.05) is 21.3 Å². The molecule has 17 heavy (non-hydrogen) atoms. The van der Waals surface area contributed by atoms with Crippen LogP contribution in [0.3, 0.4) is 0 Å². The molecule has 4 nitrogen and oxygen atoms in total. The van der Waals surface area contributed by atoms with Crippen molar-refractivity contribution in [3.05, 3.63) is 0 Å². The van der Waals surface area contributed by atoms with Crippen LogP contribution in [0.25, 0.3) is 0 Å². The lowest BCUT2D eigenvalue weighted by Crippen LogP contribution is -2.45. The van der Waals surface area contributed by atoms with E-state index < -0.39 is 8.80 Å². The molecule has 1 aliphatic carbocycles. The van der Waals surface area contributed by atoms with Gasteiger partial charge in [-0.15, -0.1) is 0 Å². The van der Waals surface area contributed by atoms with Gasteiger partial charge in [0.2, 0.25) is 0 Å². The van der Waals surface area contributed by atoms with Crippen LogP contribution in [-0.4, -0.2) is 42.3 Å². The van der Waals surface area contributed by atoms with E-state index in [0.29, 0.717) is 18.1 Å². The van der Waals surface area contributed by atoms with E-state index in [1.165, 1.54) is 19.3 Å². The summed E-state index contributed by atoms with van der Waals surface area (Å²) in [5.41, 5.74) is 0. The van der Waals surface area contributed by atoms with E-state index in [9.17, 15) is 0 Å². The standard InChI is InChI=1S/C12H24O4Si/c1-9(8-17(13-2,14-3)15-4)10-5-6-11-12(7-10)16-11/h9-12H,5-8H2,1-4H3. The van der Waals surface area contributed by atoms with Gasteiger partial charge >= 0.3 is 8.80 Å². The van der Waals surface area contributed by atoms with Crippen LogP contribution in [0.5, 0.6) is 0 Å². The molecule has 4 atom stereocenters. The maximum Gasteiger partial charge on any atom is 0.500 e. The lowest BCUT2D eigenvalue weighted by Gasteiger charge is -2.32. The average molecular weight is 260 g/mol. The van der Waals surface area contributed by atoms with E-state index in [2.05, 4.69) is 6.92 Å². The molecule has 0 aromatic carbocycles. The van der Waals surface area contributed by atoms with Crippen molar-refractivity contribution in [1.82, 2.24) is 0 Å². The Morgan fingerprint density at radius 3 is 2.29 bits per heavy atom. The summed E-state index contributed by atoms with van der Waals surface area (Å²) in [6.07, 6.45) is 4.81. The summed E-state index contributed by atoms with van der Waals surface area (Å²) < 4.78 is 22.1. The van der Waals surface area contributed by atoms with Gasteiger partial charge < -0.3 is 18.0 Å². The molecule has 2 fully saturated rings. The van der Waals surface area contributed by atoms with E-state index in [-0.39, 0.29) is 0 Å². The monoisotopic (exact) mass is 260 g/mol. The van der Waals surface area contributed by atoms with Crippen molar-refractivity contribution in [2.24, 2.45) is 11.8 Å². The zero-order chi connectivity index (χ0) is 12.5. The number of hydrogen-bond acceptors (Lipinski definition) is 4. The predicted octanol–water partition coefficient (Wildman–Crippen LogP) is 2.07. The Morgan fingerprint density at radius 1 is 1.12 bits per heavy atom. The Bertz CT molecular complexity index is 249. The molecule has 1 aliphatic heterocycles. The lowest BCUT2D eigenvalue weighted by atomic mass is 9.82. The number of fused-ring (bicyclic) bond motifs is 1. The maximum absolute atomic E-state index is 5.58. The van der Waals surface area contributed by atoms with Crippen molar-refractivity contribution in [3.63, 3.8) is 0 Å². The number of ether oxygens (including phenoxy) is 1. The Hall–Kier alpha value is 0.0569. The minimum atomic E-state index is -2.41. The Morgan fingerprint density at radius 2 is 1.76 bits per heavy atom. The molecule has 2 aliphatic rings. The summed E-state index contributed by atoms with van der Waals surface area (Å²) in [4.78, 5) is 0. The summed E-state index contributed by atoms with van der Waals surface area (Å²) in [7, 11) is 2.65. The zero-order valence-corrected chi connectivity index (χ0v) is 12.3. The third-order valence-corrected chi connectivity index (χ3v) is 7.36. The van der Waals surface area contributed by atoms with Gasteiger partial charge in [0.1, 0.15) is 0 Å². The number of rotatable bonds is 6. The first-order valence-corrected chi connectivity index (χ1v) is 8.38. The Balaban J connectivity index is 1.88. The molecule has 0 bridgehead atoms. The summed E-state index contributed by atoms with van der Waals surface area (Å²) in [5.74, 6) is 1.30. The van der Waals surface area contributed by atoms with Gasteiger partial charge in [0.15, 0.2) is 0 Å². The largest absolute Gasteiger partial charge is 0.500 e. The van der Waals surface area contributed by atoms with E-state index >= 15 is 0 Å². The molecular formula is C12H24O4Si. The average Bonchev–Trinajstić information content (AvgIpc) is 3.14. The molecule has 0 aromatic heterocycles. The summed E-state index contributed by atoms with van der Waals surface area (Å²) >= 11 is 0. The van der Waals surface area contributed by atoms with Crippen LogP contribution in [-0.2, 0) is 18.0 Å². The first kappa shape index (κ1) is 13.5. The second-order valence-electron chi connectivity index (χ2n) is 5.26. The molecule has 0 radical (unpaired) electrons. The topological polar surface area (TPSA) is 40.2 Å². The van der Waals surface area contributed by atoms with Crippen LogP contribution in [0.4, 0.5) is 0 Å². The van der Waals surface area contributed by atoms with E-state index in [4.69, 9.17) is 18.0 Å². The summed E-state index contributed by atoms with van der Waals surface area (Å²) in [6, 6.07) is 0.901. The maximum atomic E-state index is 5.58. The first-order valence-electron chi connectivity index (χ1n) is 6.45. The normalized spacial score (nSPS) is 34.2. The molecule has 4 unspecified atom stereocenters. The fourth-order valence-corrected chi connectivity index (χ4v) is 5.13. The van der Waals surface area contributed by atoms with Gasteiger partial charge in [-0.05, 0) is 31.1 Å². The highest BCUT2D eigenvalue weighted by atomic mass is 28.4. The van der Waals surface area contributed by atoms with Gasteiger partial charge in [-0.1, -0.05) is 6.92 Å². The van der Waals surface area contributed by atoms with E-state index in [1.807, 2.05) is 0 Å². The Labute approximate surface area is 105 Å². The van der Waals surface area contributed by atoms with Crippen molar-refractivity contribution in [1.29, 1.82) is 0 Å². The molecule has 0 aromatic rings. The SMILES string of the molecule is CO[Si](CC(C)C1CCC2OC2C1)(OC)OC. The molecule has 0 N–H and O–H groups in total. The minimum absolute atomic E-state index is 0.542. The number of epoxide rings is 1. The number of hydrogen-bond donors (Lipinski definition) is 0. The van der Waals surface area contributed by atoms with Crippen LogP contribution in [0, 0.1) is 11.8 Å². The van der Waals surface area contributed by atoms with Crippen molar-refractivity contribution in [2.45, 2.75) is 44.4 Å². The summed E-state index contributed by atoms with van der Waals surface area (Å²) in [5, 5.41) is 0. The van der Waals surface area contributed by atoms with Crippen LogP contribution >= 0.6 is 0 Å². The van der Waals surface area contributed by atoms with Crippen LogP contribution < -0.4 is 0 Å².